The summed E-state index contributed by atoms with van der Waals surface area (Å²) >= 11 is 0. The SMILES string of the molecule is COC(=O)C1C[C@@H](NC(=O)N2CCc3[nH]nc(-c4ccnc(C)c4)c3C2)CN(Cc2c(F)cccc2OC)C1. The predicted molar refractivity (Wildman–Crippen MR) is 141 cm³/mol. The third-order valence-corrected chi connectivity index (χ3v) is 7.46. The summed E-state index contributed by atoms with van der Waals surface area (Å²) < 4.78 is 25.0. The zero-order valence-corrected chi connectivity index (χ0v) is 22.4. The monoisotopic (exact) mass is 536 g/mol. The molecule has 2 aliphatic heterocycles. The number of benzene rings is 1. The molecular weight excluding hydrogens is 503 g/mol. The number of nitrogens with zero attached hydrogens (tertiary/aromatic N) is 4. The van der Waals surface area contributed by atoms with Crippen LogP contribution in [0.5, 0.6) is 5.75 Å². The van der Waals surface area contributed by atoms with Crippen molar-refractivity contribution < 1.29 is 23.5 Å². The quantitative estimate of drug-likeness (QED) is 0.466. The summed E-state index contributed by atoms with van der Waals surface area (Å²) in [5.74, 6) is -0.729. The van der Waals surface area contributed by atoms with E-state index in [0.29, 0.717) is 50.3 Å². The van der Waals surface area contributed by atoms with E-state index in [0.717, 1.165) is 28.2 Å². The lowest BCUT2D eigenvalue weighted by molar-refractivity contribution is -0.147. The molecule has 1 saturated heterocycles. The minimum Gasteiger partial charge on any atom is -0.496 e. The van der Waals surface area contributed by atoms with Gasteiger partial charge >= 0.3 is 12.0 Å². The van der Waals surface area contributed by atoms with Crippen molar-refractivity contribution >= 4 is 12.0 Å². The zero-order valence-electron chi connectivity index (χ0n) is 22.4. The number of esters is 1. The number of ether oxygens (including phenoxy) is 2. The molecule has 10 nitrogen and oxygen atoms in total. The number of likely N-dealkylation sites (tertiary alicyclic amines) is 1. The van der Waals surface area contributed by atoms with Crippen molar-refractivity contribution in [2.45, 2.75) is 38.9 Å². The molecule has 39 heavy (non-hydrogen) atoms. The van der Waals surface area contributed by atoms with Gasteiger partial charge in [0.25, 0.3) is 0 Å². The lowest BCUT2D eigenvalue weighted by atomic mass is 9.93. The van der Waals surface area contributed by atoms with Crippen LogP contribution in [0, 0.1) is 18.7 Å². The van der Waals surface area contributed by atoms with Crippen LogP contribution in [0.3, 0.4) is 0 Å². The van der Waals surface area contributed by atoms with Crippen molar-refractivity contribution in [3.8, 4) is 17.0 Å². The Kier molecular flexibility index (Phi) is 7.78. The molecule has 0 radical (unpaired) electrons. The molecular formula is C28H33FN6O4. The van der Waals surface area contributed by atoms with E-state index in [4.69, 9.17) is 9.47 Å². The Hall–Kier alpha value is -3.99. The van der Waals surface area contributed by atoms with Crippen molar-refractivity contribution in [1.82, 2.24) is 30.3 Å². The Morgan fingerprint density at radius 2 is 2.08 bits per heavy atom. The number of carbonyl (C=O) groups is 2. The van der Waals surface area contributed by atoms with Crippen LogP contribution in [0.25, 0.3) is 11.3 Å². The molecule has 1 aromatic carbocycles. The largest absolute Gasteiger partial charge is 0.496 e. The van der Waals surface area contributed by atoms with Gasteiger partial charge in [0.1, 0.15) is 11.6 Å². The van der Waals surface area contributed by atoms with Gasteiger partial charge in [-0.3, -0.25) is 19.8 Å². The number of aromatic nitrogens is 3. The van der Waals surface area contributed by atoms with E-state index in [1.807, 2.05) is 24.0 Å². The standard InChI is InChI=1S/C28H33FN6O4/c1-17-11-18(7-9-30-17)26-22-16-35(10-8-24(22)32-33-26)28(37)31-20-12-19(27(36)39-3)13-34(14-20)15-21-23(29)5-4-6-25(21)38-2/h4-7,9,11,19-20H,8,10,12-16H2,1-3H3,(H,31,37)(H,32,33)/t19?,20-/m1/s1. The van der Waals surface area contributed by atoms with Crippen molar-refractivity contribution in [2.24, 2.45) is 5.92 Å². The molecule has 2 amide bonds. The maximum Gasteiger partial charge on any atom is 0.317 e. The van der Waals surface area contributed by atoms with Gasteiger partial charge in [-0.1, -0.05) is 6.07 Å². The lowest BCUT2D eigenvalue weighted by Crippen LogP contribution is -2.55. The molecule has 11 heteroatoms. The van der Waals surface area contributed by atoms with E-state index in [-0.39, 0.29) is 30.4 Å². The molecule has 1 fully saturated rings. The van der Waals surface area contributed by atoms with Crippen LogP contribution in [0.2, 0.25) is 0 Å². The minimum absolute atomic E-state index is 0.211. The molecule has 0 bridgehead atoms. The van der Waals surface area contributed by atoms with E-state index >= 15 is 0 Å². The van der Waals surface area contributed by atoms with Crippen LogP contribution in [0.4, 0.5) is 9.18 Å². The first kappa shape index (κ1) is 26.6. The van der Waals surface area contributed by atoms with Gasteiger partial charge < -0.3 is 19.7 Å². The molecule has 2 aromatic heterocycles. The summed E-state index contributed by atoms with van der Waals surface area (Å²) in [6.45, 7) is 3.99. The number of pyridine rings is 1. The fraction of sp³-hybridized carbons (Fsp3) is 0.429. The molecule has 4 heterocycles. The maximum absolute atomic E-state index is 14.7. The van der Waals surface area contributed by atoms with Crippen molar-refractivity contribution in [1.29, 1.82) is 0 Å². The number of hydrogen-bond acceptors (Lipinski definition) is 7. The second kappa shape index (κ2) is 11.4. The van der Waals surface area contributed by atoms with Crippen LogP contribution in [-0.4, -0.2) is 76.9 Å². The first-order chi connectivity index (χ1) is 18.9. The fourth-order valence-electron chi connectivity index (χ4n) is 5.53. The second-order valence-corrected chi connectivity index (χ2v) is 10.1. The Morgan fingerprint density at radius 3 is 2.85 bits per heavy atom. The first-order valence-electron chi connectivity index (χ1n) is 13.0. The highest BCUT2D eigenvalue weighted by Crippen LogP contribution is 2.29. The number of fused-ring (bicyclic) bond motifs is 1. The van der Waals surface area contributed by atoms with Gasteiger partial charge in [-0.15, -0.1) is 0 Å². The molecule has 1 unspecified atom stereocenters. The summed E-state index contributed by atoms with van der Waals surface area (Å²) in [6, 6.07) is 8.06. The maximum atomic E-state index is 14.7. The first-order valence-corrected chi connectivity index (χ1v) is 13.0. The van der Waals surface area contributed by atoms with Crippen LogP contribution >= 0.6 is 0 Å². The number of rotatable bonds is 6. The average molecular weight is 537 g/mol. The summed E-state index contributed by atoms with van der Waals surface area (Å²) in [6.07, 6.45) is 2.85. The third-order valence-electron chi connectivity index (χ3n) is 7.46. The van der Waals surface area contributed by atoms with Gasteiger partial charge in [0.05, 0.1) is 32.4 Å². The smallest absolute Gasteiger partial charge is 0.317 e. The van der Waals surface area contributed by atoms with E-state index in [1.165, 1.54) is 20.3 Å². The Bertz CT molecular complexity index is 1360. The van der Waals surface area contributed by atoms with Gasteiger partial charge in [-0.25, -0.2) is 9.18 Å². The van der Waals surface area contributed by atoms with Crippen LogP contribution < -0.4 is 10.1 Å². The number of aryl methyl sites for hydroxylation is 1. The second-order valence-electron chi connectivity index (χ2n) is 10.1. The minimum atomic E-state index is -0.449. The summed E-state index contributed by atoms with van der Waals surface area (Å²) in [5, 5.41) is 10.8. The van der Waals surface area contributed by atoms with Gasteiger partial charge in [0.15, 0.2) is 0 Å². The molecule has 2 aliphatic rings. The molecule has 3 aromatic rings. The van der Waals surface area contributed by atoms with E-state index in [2.05, 4.69) is 20.5 Å². The molecule has 2 N–H and O–H groups in total. The van der Waals surface area contributed by atoms with Gasteiger partial charge in [-0.05, 0) is 37.6 Å². The van der Waals surface area contributed by atoms with Gasteiger partial charge in [0, 0.05) is 72.9 Å². The van der Waals surface area contributed by atoms with Crippen LogP contribution in [0.1, 0.15) is 28.9 Å². The normalized spacial score (nSPS) is 19.3. The number of halogens is 1. The van der Waals surface area contributed by atoms with E-state index < -0.39 is 5.92 Å². The number of nitrogens with one attached hydrogen (secondary N) is 2. The summed E-state index contributed by atoms with van der Waals surface area (Å²) in [5.41, 5.74) is 5.10. The fourth-order valence-corrected chi connectivity index (χ4v) is 5.53. The van der Waals surface area contributed by atoms with Crippen molar-refractivity contribution in [3.05, 3.63) is 64.9 Å². The Balaban J connectivity index is 1.30. The van der Waals surface area contributed by atoms with E-state index in [1.54, 1.807) is 23.2 Å². The van der Waals surface area contributed by atoms with Crippen molar-refractivity contribution in [3.63, 3.8) is 0 Å². The molecule has 5 rings (SSSR count). The number of piperidine rings is 1. The Labute approximate surface area is 226 Å². The number of carbonyl (C=O) groups excluding carboxylic acids is 2. The van der Waals surface area contributed by atoms with Gasteiger partial charge in [-0.2, -0.15) is 5.10 Å². The third kappa shape index (κ3) is 5.73. The van der Waals surface area contributed by atoms with Crippen molar-refractivity contribution in [2.75, 3.05) is 33.9 Å². The molecule has 206 valence electrons. The highest BCUT2D eigenvalue weighted by Gasteiger charge is 2.35. The summed E-state index contributed by atoms with van der Waals surface area (Å²) in [4.78, 5) is 33.9. The molecule has 0 saturated carbocycles. The van der Waals surface area contributed by atoms with Crippen LogP contribution in [0.15, 0.2) is 36.5 Å². The molecule has 0 aliphatic carbocycles. The predicted octanol–water partition coefficient (Wildman–Crippen LogP) is 3.06. The number of urea groups is 1. The molecule has 0 spiro atoms. The molecule has 2 atom stereocenters. The number of amides is 2. The average Bonchev–Trinajstić information content (AvgIpc) is 3.37. The number of H-pyrrole nitrogens is 1. The highest BCUT2D eigenvalue weighted by atomic mass is 19.1. The van der Waals surface area contributed by atoms with Gasteiger partial charge in [0.2, 0.25) is 0 Å². The van der Waals surface area contributed by atoms with E-state index in [9.17, 15) is 14.0 Å². The number of methoxy groups -OCH3 is 2. The van der Waals surface area contributed by atoms with Crippen LogP contribution in [-0.2, 0) is 29.0 Å². The topological polar surface area (TPSA) is 113 Å². The number of aromatic amines is 1. The zero-order chi connectivity index (χ0) is 27.5. The number of hydrogen-bond donors (Lipinski definition) is 2. The highest BCUT2D eigenvalue weighted by molar-refractivity contribution is 5.76. The summed E-state index contributed by atoms with van der Waals surface area (Å²) in [7, 11) is 2.85. The Morgan fingerprint density at radius 1 is 1.23 bits per heavy atom. The lowest BCUT2D eigenvalue weighted by Gasteiger charge is -2.38.